The van der Waals surface area contributed by atoms with Crippen LogP contribution in [0.4, 0.5) is 16.2 Å². The number of nitrogens with two attached hydrogens (primary N) is 1. The third-order valence-corrected chi connectivity index (χ3v) is 3.57. The summed E-state index contributed by atoms with van der Waals surface area (Å²) in [6.45, 7) is 0. The Bertz CT molecular complexity index is 573. The highest BCUT2D eigenvalue weighted by Gasteiger charge is 2.37. The van der Waals surface area contributed by atoms with Gasteiger partial charge in [0, 0.05) is 11.4 Å². The molecule has 2 atom stereocenters. The van der Waals surface area contributed by atoms with E-state index in [0.717, 1.165) is 6.42 Å². The van der Waals surface area contributed by atoms with Gasteiger partial charge in [0.25, 0.3) is 0 Å². The molecule has 112 valence electrons. The second-order valence-electron chi connectivity index (χ2n) is 5.04. The van der Waals surface area contributed by atoms with Gasteiger partial charge < -0.3 is 21.5 Å². The Morgan fingerprint density at radius 1 is 1.10 bits per heavy atom. The van der Waals surface area contributed by atoms with Crippen LogP contribution in [-0.2, 0) is 9.59 Å². The number of carboxylic acid groups (broad SMARTS) is 1. The number of hydrogen-bond acceptors (Lipinski definition) is 3. The van der Waals surface area contributed by atoms with E-state index in [2.05, 4.69) is 10.6 Å². The number of benzene rings is 1. The van der Waals surface area contributed by atoms with E-state index in [0.29, 0.717) is 24.2 Å². The molecule has 1 fully saturated rings. The number of anilines is 2. The van der Waals surface area contributed by atoms with Crippen LogP contribution >= 0.6 is 0 Å². The van der Waals surface area contributed by atoms with Crippen LogP contribution in [0.5, 0.6) is 0 Å². The van der Waals surface area contributed by atoms with Crippen molar-refractivity contribution >= 4 is 29.3 Å². The molecule has 0 heterocycles. The van der Waals surface area contributed by atoms with Crippen molar-refractivity contribution in [2.45, 2.75) is 19.3 Å². The lowest BCUT2D eigenvalue weighted by molar-refractivity contribution is -0.145. The van der Waals surface area contributed by atoms with Crippen LogP contribution in [0.15, 0.2) is 24.3 Å². The lowest BCUT2D eigenvalue weighted by atomic mass is 9.95. The lowest BCUT2D eigenvalue weighted by Crippen LogP contribution is -2.30. The van der Waals surface area contributed by atoms with Gasteiger partial charge in [0.15, 0.2) is 0 Å². The Labute approximate surface area is 121 Å². The van der Waals surface area contributed by atoms with Crippen molar-refractivity contribution in [2.75, 3.05) is 10.6 Å². The molecule has 2 unspecified atom stereocenters. The first-order valence-electron chi connectivity index (χ1n) is 6.67. The van der Waals surface area contributed by atoms with Crippen molar-refractivity contribution in [1.29, 1.82) is 0 Å². The summed E-state index contributed by atoms with van der Waals surface area (Å²) in [6, 6.07) is 5.82. The number of rotatable bonds is 4. The smallest absolute Gasteiger partial charge is 0.316 e. The van der Waals surface area contributed by atoms with Gasteiger partial charge in [-0.25, -0.2) is 4.79 Å². The van der Waals surface area contributed by atoms with Crippen molar-refractivity contribution in [3.8, 4) is 0 Å². The van der Waals surface area contributed by atoms with Crippen LogP contribution in [0.2, 0.25) is 0 Å². The highest BCUT2D eigenvalue weighted by molar-refractivity contribution is 5.96. The molecule has 1 aliphatic rings. The summed E-state index contributed by atoms with van der Waals surface area (Å²) in [4.78, 5) is 34.1. The van der Waals surface area contributed by atoms with Crippen LogP contribution in [0.25, 0.3) is 0 Å². The minimum absolute atomic E-state index is 0.309. The maximum atomic E-state index is 12.2. The van der Waals surface area contributed by atoms with Gasteiger partial charge in [-0.05, 0) is 31.0 Å². The quantitative estimate of drug-likeness (QED) is 0.673. The standard InChI is InChI=1S/C14H17N3O4/c15-14(21)17-9-4-1-3-8(7-9)16-12(18)10-5-2-6-11(10)13(19)20/h1,3-4,7,10-11H,2,5-6H2,(H,16,18)(H,19,20)(H3,15,17,21). The van der Waals surface area contributed by atoms with Gasteiger partial charge in [-0.15, -0.1) is 0 Å². The topological polar surface area (TPSA) is 122 Å². The molecule has 0 bridgehead atoms. The zero-order chi connectivity index (χ0) is 15.4. The number of hydrogen-bond donors (Lipinski definition) is 4. The number of amides is 3. The van der Waals surface area contributed by atoms with E-state index in [-0.39, 0.29) is 5.91 Å². The summed E-state index contributed by atoms with van der Waals surface area (Å²) in [7, 11) is 0. The van der Waals surface area contributed by atoms with Crippen molar-refractivity contribution in [2.24, 2.45) is 17.6 Å². The number of carbonyl (C=O) groups is 3. The third kappa shape index (κ3) is 3.71. The van der Waals surface area contributed by atoms with Gasteiger partial charge in [-0.2, -0.15) is 0 Å². The van der Waals surface area contributed by atoms with Gasteiger partial charge in [0.2, 0.25) is 5.91 Å². The molecule has 0 aliphatic heterocycles. The highest BCUT2D eigenvalue weighted by atomic mass is 16.4. The second kappa shape index (κ2) is 6.25. The van der Waals surface area contributed by atoms with E-state index in [1.165, 1.54) is 0 Å². The molecule has 1 aromatic carbocycles. The maximum absolute atomic E-state index is 12.2. The zero-order valence-corrected chi connectivity index (χ0v) is 11.3. The Kier molecular flexibility index (Phi) is 4.42. The monoisotopic (exact) mass is 291 g/mol. The average molecular weight is 291 g/mol. The zero-order valence-electron chi connectivity index (χ0n) is 11.3. The van der Waals surface area contributed by atoms with Gasteiger partial charge >= 0.3 is 12.0 Å². The average Bonchev–Trinajstić information content (AvgIpc) is 2.87. The molecule has 0 spiro atoms. The van der Waals surface area contributed by atoms with Crippen LogP contribution < -0.4 is 16.4 Å². The molecule has 1 saturated carbocycles. The molecular formula is C14H17N3O4. The van der Waals surface area contributed by atoms with Crippen LogP contribution in [-0.4, -0.2) is 23.0 Å². The minimum atomic E-state index is -0.934. The summed E-state index contributed by atoms with van der Waals surface area (Å²) < 4.78 is 0. The Morgan fingerprint density at radius 3 is 2.33 bits per heavy atom. The molecule has 0 aromatic heterocycles. The summed E-state index contributed by atoms with van der Waals surface area (Å²) in [5.74, 6) is -2.39. The number of primary amides is 1. The SMILES string of the molecule is NC(=O)Nc1cccc(NC(=O)C2CCCC2C(=O)O)c1. The molecule has 7 nitrogen and oxygen atoms in total. The maximum Gasteiger partial charge on any atom is 0.316 e. The van der Waals surface area contributed by atoms with Crippen molar-refractivity contribution in [3.63, 3.8) is 0 Å². The molecule has 5 N–H and O–H groups in total. The number of urea groups is 1. The molecule has 3 amide bonds. The van der Waals surface area contributed by atoms with E-state index in [1.54, 1.807) is 24.3 Å². The minimum Gasteiger partial charge on any atom is -0.481 e. The molecule has 1 aliphatic carbocycles. The Balaban J connectivity index is 2.05. The van der Waals surface area contributed by atoms with E-state index in [1.807, 2.05) is 0 Å². The molecule has 0 radical (unpaired) electrons. The summed E-state index contributed by atoms with van der Waals surface area (Å²) >= 11 is 0. The molecule has 1 aromatic rings. The fourth-order valence-corrected chi connectivity index (χ4v) is 2.62. The van der Waals surface area contributed by atoms with Gasteiger partial charge in [-0.3, -0.25) is 9.59 Å². The lowest BCUT2D eigenvalue weighted by Gasteiger charge is -2.16. The molecule has 21 heavy (non-hydrogen) atoms. The first-order chi connectivity index (χ1) is 9.97. The van der Waals surface area contributed by atoms with E-state index in [9.17, 15) is 14.4 Å². The normalized spacial score (nSPS) is 20.8. The van der Waals surface area contributed by atoms with Crippen LogP contribution in [0, 0.1) is 11.8 Å². The van der Waals surface area contributed by atoms with Crippen molar-refractivity contribution in [3.05, 3.63) is 24.3 Å². The number of carbonyl (C=O) groups excluding carboxylic acids is 2. The van der Waals surface area contributed by atoms with E-state index < -0.39 is 23.8 Å². The number of nitrogens with one attached hydrogen (secondary N) is 2. The first-order valence-corrected chi connectivity index (χ1v) is 6.67. The second-order valence-corrected chi connectivity index (χ2v) is 5.04. The van der Waals surface area contributed by atoms with Crippen LogP contribution in [0.3, 0.4) is 0 Å². The Hall–Kier alpha value is -2.57. The number of carboxylic acids is 1. The highest BCUT2D eigenvalue weighted by Crippen LogP contribution is 2.33. The molecular weight excluding hydrogens is 274 g/mol. The first kappa shape index (κ1) is 14.8. The van der Waals surface area contributed by atoms with Gasteiger partial charge in [0.05, 0.1) is 11.8 Å². The van der Waals surface area contributed by atoms with E-state index in [4.69, 9.17) is 10.8 Å². The van der Waals surface area contributed by atoms with Crippen LogP contribution in [0.1, 0.15) is 19.3 Å². The van der Waals surface area contributed by atoms with Gasteiger partial charge in [0.1, 0.15) is 0 Å². The molecule has 0 saturated heterocycles. The fourth-order valence-electron chi connectivity index (χ4n) is 2.62. The molecule has 2 rings (SSSR count). The third-order valence-electron chi connectivity index (χ3n) is 3.57. The predicted octanol–water partition coefficient (Wildman–Crippen LogP) is 1.62. The largest absolute Gasteiger partial charge is 0.481 e. The van der Waals surface area contributed by atoms with Gasteiger partial charge in [-0.1, -0.05) is 12.5 Å². The predicted molar refractivity (Wildman–Crippen MR) is 76.7 cm³/mol. The summed E-state index contributed by atoms with van der Waals surface area (Å²) in [5.41, 5.74) is 5.97. The van der Waals surface area contributed by atoms with Crippen molar-refractivity contribution < 1.29 is 19.5 Å². The Morgan fingerprint density at radius 2 is 1.71 bits per heavy atom. The van der Waals surface area contributed by atoms with E-state index >= 15 is 0 Å². The summed E-state index contributed by atoms with van der Waals surface area (Å²) in [5, 5.41) is 14.2. The summed E-state index contributed by atoms with van der Waals surface area (Å²) in [6.07, 6.45) is 1.83. The fraction of sp³-hybridized carbons (Fsp3) is 0.357. The van der Waals surface area contributed by atoms with Crippen molar-refractivity contribution in [1.82, 2.24) is 0 Å². The number of aliphatic carboxylic acids is 1. The molecule has 7 heteroatoms.